The van der Waals surface area contributed by atoms with Crippen LogP contribution in [0.5, 0.6) is 17.2 Å². The molecule has 0 saturated carbocycles. The Labute approximate surface area is 579 Å². The van der Waals surface area contributed by atoms with Gasteiger partial charge in [0.05, 0.1) is 62.2 Å². The summed E-state index contributed by atoms with van der Waals surface area (Å²) in [6.07, 6.45) is 19.7. The van der Waals surface area contributed by atoms with Crippen molar-refractivity contribution in [1.29, 1.82) is 0 Å². The zero-order chi connectivity index (χ0) is 71.5. The van der Waals surface area contributed by atoms with Crippen LogP contribution < -0.4 is 24.0 Å². The Balaban J connectivity index is 0.000000153. The van der Waals surface area contributed by atoms with E-state index >= 15 is 0 Å². The second kappa shape index (κ2) is 31.9. The van der Waals surface area contributed by atoms with Crippen molar-refractivity contribution in [2.45, 2.75) is 66.1 Å². The lowest BCUT2D eigenvalue weighted by atomic mass is 9.90. The smallest absolute Gasteiger partial charge is 0.290 e. The number of carbonyl (C=O) groups excluding carboxylic acids is 1. The molecule has 1 fully saturated rings. The summed E-state index contributed by atoms with van der Waals surface area (Å²) in [6, 6.07) is 25.8. The van der Waals surface area contributed by atoms with Gasteiger partial charge in [-0.3, -0.25) is 29.1 Å². The minimum Gasteiger partial charge on any atom is -0.490 e. The van der Waals surface area contributed by atoms with Crippen molar-refractivity contribution >= 4 is 111 Å². The maximum atomic E-state index is 13.6. The van der Waals surface area contributed by atoms with Crippen molar-refractivity contribution in [1.82, 2.24) is 41.6 Å². The van der Waals surface area contributed by atoms with Crippen molar-refractivity contribution < 1.29 is 74.0 Å². The standard InChI is InChI=1S/C23H26N4O3S.C22H24N4O3S.C22H23N3O4S.3CH2O2/c1-16(28)26-13-9-18-14-19(5-6-22(18)26)31(29,30)27-15-21(17-7-11-25(2)12-8-17)20-4-3-10-24-23(20)27;1-24-10-7-16(8-11-24)18-15-26(19-4-3-9-23-22(18)19)30(27,28)17-5-6-21-20(14-17)25(2)12-13-29-21;1-24-10-7-16(8-11-24)18-15-25(19-4-2-9-23-22(18)19)30(26,27)17-5-6-20-21(14-17)29-13-3-12-28-20;3*2-1-3/h3-6,10,14-15,17H,7-9,11-13H2,1-2H3;3-7,9,14-15H,8,10-13H2,1-2H3;2,4-7,9,14-15H,3,8,10-13H2,1H3;3*1H,(H,2,3). The third-order valence-electron chi connectivity index (χ3n) is 18.0. The molecule has 30 heteroatoms. The lowest BCUT2D eigenvalue weighted by Gasteiger charge is -2.28. The maximum absolute atomic E-state index is 13.6. The highest BCUT2D eigenvalue weighted by Gasteiger charge is 2.32. The number of carboxylic acid groups (broad SMARTS) is 3. The number of benzene rings is 3. The van der Waals surface area contributed by atoms with E-state index in [1.807, 2.05) is 30.1 Å². The number of carbonyl (C=O) groups is 4. The Morgan fingerprint density at radius 3 is 1.58 bits per heavy atom. The van der Waals surface area contributed by atoms with Gasteiger partial charge in [0.15, 0.2) is 17.1 Å². The molecule has 6 aliphatic rings. The van der Waals surface area contributed by atoms with Crippen LogP contribution in [0.25, 0.3) is 44.2 Å². The number of pyridine rings is 3. The van der Waals surface area contributed by atoms with Gasteiger partial charge in [-0.15, -0.1) is 0 Å². The van der Waals surface area contributed by atoms with Gasteiger partial charge in [-0.2, -0.15) is 0 Å². The first kappa shape index (κ1) is 72.8. The molecule has 1 amide bonds. The number of amides is 1. The van der Waals surface area contributed by atoms with Crippen LogP contribution in [-0.4, -0.2) is 208 Å². The zero-order valence-corrected chi connectivity index (χ0v) is 58.4. The molecule has 3 N–H and O–H groups in total. The molecule has 0 atom stereocenters. The molecule has 6 aliphatic heterocycles. The Bertz CT molecular complexity index is 4890. The summed E-state index contributed by atoms with van der Waals surface area (Å²) >= 11 is 0. The van der Waals surface area contributed by atoms with E-state index in [1.54, 1.807) is 115 Å². The van der Waals surface area contributed by atoms with E-state index in [9.17, 15) is 30.0 Å². The summed E-state index contributed by atoms with van der Waals surface area (Å²) < 4.78 is 103. The molecule has 528 valence electrons. The van der Waals surface area contributed by atoms with Gasteiger partial charge in [0.2, 0.25) is 5.91 Å². The molecule has 3 aromatic carbocycles. The van der Waals surface area contributed by atoms with Gasteiger partial charge in [0, 0.05) is 119 Å². The molecule has 12 heterocycles. The fourth-order valence-corrected chi connectivity index (χ4v) is 17.0. The first-order chi connectivity index (χ1) is 48.1. The number of hydrogen-bond acceptors (Lipinski definition) is 20. The van der Waals surface area contributed by atoms with Gasteiger partial charge in [-0.1, -0.05) is 12.2 Å². The molecule has 0 radical (unpaired) electrons. The van der Waals surface area contributed by atoms with Gasteiger partial charge in [0.25, 0.3) is 49.5 Å². The average Bonchev–Trinajstić information content (AvgIpc) is 1.59. The predicted molar refractivity (Wildman–Crippen MR) is 378 cm³/mol. The average molecular weight is 1430 g/mol. The Morgan fingerprint density at radius 1 is 0.520 bits per heavy atom. The van der Waals surface area contributed by atoms with E-state index in [4.69, 9.17) is 43.9 Å². The van der Waals surface area contributed by atoms with Crippen molar-refractivity contribution in [3.05, 3.63) is 163 Å². The fraction of sp³-hybridized carbons (Fsp3) is 0.329. The largest absolute Gasteiger partial charge is 0.490 e. The first-order valence-electron chi connectivity index (χ1n) is 32.2. The van der Waals surface area contributed by atoms with E-state index in [0.717, 1.165) is 134 Å². The van der Waals surface area contributed by atoms with E-state index in [2.05, 4.69) is 62.9 Å². The summed E-state index contributed by atoms with van der Waals surface area (Å²) in [7, 11) is -3.23. The maximum Gasteiger partial charge on any atom is 0.290 e. The highest BCUT2D eigenvalue weighted by molar-refractivity contribution is 7.90. The number of ether oxygens (including phenoxy) is 3. The highest BCUT2D eigenvalue weighted by atomic mass is 32.2. The van der Waals surface area contributed by atoms with Gasteiger partial charge < -0.3 is 54.0 Å². The monoisotopic (exact) mass is 1430 g/mol. The number of anilines is 2. The predicted octanol–water partition coefficient (Wildman–Crippen LogP) is 8.07. The summed E-state index contributed by atoms with van der Waals surface area (Å²) in [5.74, 6) is 2.03. The van der Waals surface area contributed by atoms with Crippen LogP contribution in [-0.2, 0) is 55.7 Å². The second-order valence-electron chi connectivity index (χ2n) is 24.3. The van der Waals surface area contributed by atoms with E-state index in [0.29, 0.717) is 78.1 Å². The molecular formula is C70H79N11O16S3. The van der Waals surface area contributed by atoms with Gasteiger partial charge in [0.1, 0.15) is 12.4 Å². The topological polar surface area (TPSA) is 329 Å². The molecular weight excluding hydrogens is 1350 g/mol. The van der Waals surface area contributed by atoms with Crippen LogP contribution in [0.2, 0.25) is 0 Å². The van der Waals surface area contributed by atoms with Crippen LogP contribution in [0.4, 0.5) is 11.4 Å². The van der Waals surface area contributed by atoms with Crippen molar-refractivity contribution in [2.75, 3.05) is 110 Å². The second-order valence-corrected chi connectivity index (χ2v) is 29.8. The number of likely N-dealkylation sites (N-methyl/N-ethyl adjacent to an activating group) is 3. The van der Waals surface area contributed by atoms with Crippen molar-refractivity contribution in [3.8, 4) is 17.2 Å². The molecule has 100 heavy (non-hydrogen) atoms. The van der Waals surface area contributed by atoms with Crippen LogP contribution in [0.1, 0.15) is 67.2 Å². The lowest BCUT2D eigenvalue weighted by molar-refractivity contribution is -0.123. The van der Waals surface area contributed by atoms with Gasteiger partial charge >= 0.3 is 0 Å². The van der Waals surface area contributed by atoms with E-state index in [1.165, 1.54) is 18.8 Å². The Kier molecular flexibility index (Phi) is 23.2. The number of likely N-dealkylation sites (tertiary alicyclic amines) is 1. The summed E-state index contributed by atoms with van der Waals surface area (Å²) in [4.78, 5) is 61.5. The fourth-order valence-electron chi connectivity index (χ4n) is 12.8. The molecule has 0 unspecified atom stereocenters. The molecule has 15 rings (SSSR count). The Morgan fingerprint density at radius 2 is 1.02 bits per heavy atom. The molecule has 0 spiro atoms. The summed E-state index contributed by atoms with van der Waals surface area (Å²) in [6.45, 7) is 9.29. The SMILES string of the molecule is CC(=O)N1CCc2cc(S(=O)(=O)n3cc(C4CCN(C)CC4)c4cccnc43)ccc21.CN1CC=C(c2cn(S(=O)(=O)c3ccc4c(c3)N(C)CCO4)c3cccnc23)CC1.CN1CC=C(c2cn(S(=O)(=O)c3ccc4c(c3)OCCCO4)c3cccnc23)CC1.O=CO.O=CO.O=CO. The quantitative estimate of drug-likeness (QED) is 0.115. The van der Waals surface area contributed by atoms with Crippen molar-refractivity contribution in [3.63, 3.8) is 0 Å². The summed E-state index contributed by atoms with van der Waals surface area (Å²) in [5, 5.41) is 21.6. The molecule has 0 aliphatic carbocycles. The minimum atomic E-state index is -3.84. The third-order valence-corrected chi connectivity index (χ3v) is 23.0. The number of aromatic nitrogens is 6. The Hall–Kier alpha value is -9.98. The normalized spacial score (nSPS) is 16.4. The summed E-state index contributed by atoms with van der Waals surface area (Å²) in [5.41, 5.74) is 10.6. The van der Waals surface area contributed by atoms with Crippen molar-refractivity contribution in [2.24, 2.45) is 0 Å². The van der Waals surface area contributed by atoms with Crippen LogP contribution in [0, 0.1) is 0 Å². The number of nitrogens with zero attached hydrogens (tertiary/aromatic N) is 11. The van der Waals surface area contributed by atoms with Crippen LogP contribution in [0.3, 0.4) is 0 Å². The van der Waals surface area contributed by atoms with Gasteiger partial charge in [-0.05, 0) is 179 Å². The minimum absolute atomic E-state index is 0.0299. The van der Waals surface area contributed by atoms with Crippen LogP contribution >= 0.6 is 0 Å². The number of piperidine rings is 1. The zero-order valence-electron chi connectivity index (χ0n) is 55.9. The third kappa shape index (κ3) is 15.6. The highest BCUT2D eigenvalue weighted by Crippen LogP contribution is 2.40. The van der Waals surface area contributed by atoms with E-state index in [-0.39, 0.29) is 40.0 Å². The number of rotatable bonds is 9. The molecule has 9 aromatic rings. The number of fused-ring (bicyclic) bond motifs is 6. The first-order valence-corrected chi connectivity index (χ1v) is 36.5. The molecule has 1 saturated heterocycles. The lowest BCUT2D eigenvalue weighted by Crippen LogP contribution is -2.29. The van der Waals surface area contributed by atoms with Crippen LogP contribution in [0.15, 0.2) is 155 Å². The number of hydrogen-bond donors (Lipinski definition) is 3. The molecule has 0 bridgehead atoms. The van der Waals surface area contributed by atoms with Gasteiger partial charge in [-0.25, -0.2) is 42.2 Å². The molecule has 6 aromatic heterocycles. The van der Waals surface area contributed by atoms with E-state index < -0.39 is 30.1 Å². The molecule has 27 nitrogen and oxygen atoms in total.